The van der Waals surface area contributed by atoms with Crippen molar-refractivity contribution in [3.63, 3.8) is 0 Å². The monoisotopic (exact) mass is 378 g/mol. The molecule has 4 rings (SSSR count). The average molecular weight is 378 g/mol. The first kappa shape index (κ1) is 18.5. The predicted molar refractivity (Wildman–Crippen MR) is 108 cm³/mol. The number of ether oxygens (including phenoxy) is 1. The lowest BCUT2D eigenvalue weighted by atomic mass is 9.72. The number of likely N-dealkylation sites (N-methyl/N-ethyl adjacent to an activating group) is 1. The average Bonchev–Trinajstić information content (AvgIpc) is 2.80. The van der Waals surface area contributed by atoms with Crippen molar-refractivity contribution in [2.24, 2.45) is 11.8 Å². The zero-order chi connectivity index (χ0) is 19.5. The third kappa shape index (κ3) is 3.88. The molecule has 2 amide bonds. The summed E-state index contributed by atoms with van der Waals surface area (Å²) in [5, 5.41) is 2.92. The van der Waals surface area contributed by atoms with Gasteiger partial charge >= 0.3 is 0 Å². The summed E-state index contributed by atoms with van der Waals surface area (Å²) in [7, 11) is 1.72. The Morgan fingerprint density at radius 2 is 1.82 bits per heavy atom. The van der Waals surface area contributed by atoms with Crippen molar-refractivity contribution in [3.8, 4) is 5.75 Å². The Bertz CT molecular complexity index is 846. The van der Waals surface area contributed by atoms with Crippen molar-refractivity contribution in [1.82, 2.24) is 5.32 Å². The SMILES string of the molecule is CN1C(=O)[C@@H](NC(=O)C2CC(CCc3ccccc3)C2)COc2ccccc21. The van der Waals surface area contributed by atoms with Crippen molar-refractivity contribution < 1.29 is 14.3 Å². The highest BCUT2D eigenvalue weighted by Gasteiger charge is 2.37. The Kier molecular flexibility index (Phi) is 5.33. The normalized spacial score (nSPS) is 23.8. The van der Waals surface area contributed by atoms with Crippen molar-refractivity contribution in [2.75, 3.05) is 18.6 Å². The van der Waals surface area contributed by atoms with Gasteiger partial charge in [-0.3, -0.25) is 9.59 Å². The quantitative estimate of drug-likeness (QED) is 0.869. The summed E-state index contributed by atoms with van der Waals surface area (Å²) < 4.78 is 5.77. The molecule has 1 N–H and O–H groups in total. The maximum Gasteiger partial charge on any atom is 0.252 e. The van der Waals surface area contributed by atoms with Crippen molar-refractivity contribution in [1.29, 1.82) is 0 Å². The Balaban J connectivity index is 1.27. The molecule has 146 valence electrons. The third-order valence-corrected chi connectivity index (χ3v) is 5.87. The van der Waals surface area contributed by atoms with Crippen LogP contribution in [-0.2, 0) is 16.0 Å². The van der Waals surface area contributed by atoms with E-state index in [0.29, 0.717) is 11.7 Å². The molecule has 1 heterocycles. The summed E-state index contributed by atoms with van der Waals surface area (Å²) in [5.41, 5.74) is 2.08. The molecular weight excluding hydrogens is 352 g/mol. The second-order valence-electron chi connectivity index (χ2n) is 7.80. The van der Waals surface area contributed by atoms with Gasteiger partial charge in [0, 0.05) is 13.0 Å². The fraction of sp³-hybridized carbons (Fsp3) is 0.391. The van der Waals surface area contributed by atoms with E-state index in [1.807, 2.05) is 30.3 Å². The number of nitrogens with one attached hydrogen (secondary N) is 1. The van der Waals surface area contributed by atoms with E-state index in [4.69, 9.17) is 4.74 Å². The van der Waals surface area contributed by atoms with Gasteiger partial charge in [0.15, 0.2) is 0 Å². The molecule has 0 unspecified atom stereocenters. The Morgan fingerprint density at radius 3 is 2.61 bits per heavy atom. The van der Waals surface area contributed by atoms with Gasteiger partial charge < -0.3 is 15.0 Å². The van der Waals surface area contributed by atoms with Crippen molar-refractivity contribution in [2.45, 2.75) is 31.7 Å². The topological polar surface area (TPSA) is 58.6 Å². The van der Waals surface area contributed by atoms with Crippen LogP contribution in [0, 0.1) is 11.8 Å². The number of rotatable bonds is 5. The van der Waals surface area contributed by atoms with Crippen molar-refractivity contribution in [3.05, 3.63) is 60.2 Å². The van der Waals surface area contributed by atoms with E-state index in [-0.39, 0.29) is 24.3 Å². The maximum atomic E-state index is 12.7. The third-order valence-electron chi connectivity index (χ3n) is 5.87. The van der Waals surface area contributed by atoms with Crippen LogP contribution in [0.25, 0.3) is 0 Å². The summed E-state index contributed by atoms with van der Waals surface area (Å²) in [6.45, 7) is 0.163. The number of carbonyl (C=O) groups excluding carboxylic acids is 2. The first-order chi connectivity index (χ1) is 13.6. The van der Waals surface area contributed by atoms with Crippen LogP contribution < -0.4 is 15.0 Å². The molecule has 1 aliphatic heterocycles. The highest BCUT2D eigenvalue weighted by molar-refractivity contribution is 6.00. The van der Waals surface area contributed by atoms with E-state index < -0.39 is 6.04 Å². The van der Waals surface area contributed by atoms with Crippen LogP contribution in [0.4, 0.5) is 5.69 Å². The van der Waals surface area contributed by atoms with Crippen molar-refractivity contribution >= 4 is 17.5 Å². The summed E-state index contributed by atoms with van der Waals surface area (Å²) >= 11 is 0. The molecule has 0 spiro atoms. The minimum Gasteiger partial charge on any atom is -0.489 e. The van der Waals surface area contributed by atoms with Gasteiger partial charge in [-0.2, -0.15) is 0 Å². The van der Waals surface area contributed by atoms with Gasteiger partial charge in [0.2, 0.25) is 5.91 Å². The Morgan fingerprint density at radius 1 is 1.11 bits per heavy atom. The molecule has 1 atom stereocenters. The van der Waals surface area contributed by atoms with Gasteiger partial charge in [0.05, 0.1) is 5.69 Å². The molecule has 2 aromatic carbocycles. The molecule has 28 heavy (non-hydrogen) atoms. The molecule has 1 fully saturated rings. The second kappa shape index (κ2) is 8.05. The van der Waals surface area contributed by atoms with E-state index in [1.165, 1.54) is 5.56 Å². The number of hydrogen-bond donors (Lipinski definition) is 1. The van der Waals surface area contributed by atoms with Crippen LogP contribution >= 0.6 is 0 Å². The van der Waals surface area contributed by atoms with Gasteiger partial charge in [-0.05, 0) is 49.3 Å². The summed E-state index contributed by atoms with van der Waals surface area (Å²) in [5.74, 6) is 1.09. The van der Waals surface area contributed by atoms with Gasteiger partial charge in [0.25, 0.3) is 5.91 Å². The van der Waals surface area contributed by atoms with Crippen LogP contribution in [-0.4, -0.2) is 31.5 Å². The number of carbonyl (C=O) groups is 2. The number of amides is 2. The van der Waals surface area contributed by atoms with E-state index >= 15 is 0 Å². The zero-order valence-corrected chi connectivity index (χ0v) is 16.1. The highest BCUT2D eigenvalue weighted by atomic mass is 16.5. The van der Waals surface area contributed by atoms with Gasteiger partial charge in [0.1, 0.15) is 18.4 Å². The molecule has 5 nitrogen and oxygen atoms in total. The summed E-state index contributed by atoms with van der Waals surface area (Å²) in [4.78, 5) is 26.9. The second-order valence-corrected chi connectivity index (χ2v) is 7.80. The number of anilines is 1. The number of benzene rings is 2. The standard InChI is InChI=1S/C23H26N2O3/c1-25-20-9-5-6-10-21(20)28-15-19(23(25)27)24-22(26)18-13-17(14-18)12-11-16-7-3-2-4-8-16/h2-10,17-19H,11-15H2,1H3,(H,24,26)/t17?,18?,19-/m0/s1. The largest absolute Gasteiger partial charge is 0.489 e. The first-order valence-corrected chi connectivity index (χ1v) is 9.95. The zero-order valence-electron chi connectivity index (χ0n) is 16.1. The summed E-state index contributed by atoms with van der Waals surface area (Å²) in [6.07, 6.45) is 3.96. The minimum absolute atomic E-state index is 0.00417. The molecule has 0 saturated heterocycles. The Hall–Kier alpha value is -2.82. The Labute approximate surface area is 165 Å². The van der Waals surface area contributed by atoms with Crippen LogP contribution in [0.3, 0.4) is 0 Å². The molecule has 1 aliphatic carbocycles. The maximum absolute atomic E-state index is 12.7. The van der Waals surface area contributed by atoms with Crippen LogP contribution in [0.2, 0.25) is 0 Å². The van der Waals surface area contributed by atoms with Gasteiger partial charge in [-0.1, -0.05) is 42.5 Å². The predicted octanol–water partition coefficient (Wildman–Crippen LogP) is 3.19. The molecule has 0 aromatic heterocycles. The fourth-order valence-electron chi connectivity index (χ4n) is 4.05. The number of para-hydroxylation sites is 2. The lowest BCUT2D eigenvalue weighted by Gasteiger charge is -2.35. The van der Waals surface area contributed by atoms with E-state index in [1.54, 1.807) is 11.9 Å². The van der Waals surface area contributed by atoms with Crippen LogP contribution in [0.1, 0.15) is 24.8 Å². The molecule has 0 radical (unpaired) electrons. The lowest BCUT2D eigenvalue weighted by molar-refractivity contribution is -0.133. The minimum atomic E-state index is -0.645. The smallest absolute Gasteiger partial charge is 0.252 e. The number of aryl methyl sites for hydroxylation is 1. The lowest BCUT2D eigenvalue weighted by Crippen LogP contribution is -2.52. The number of nitrogens with zero attached hydrogens (tertiary/aromatic N) is 1. The highest BCUT2D eigenvalue weighted by Crippen LogP contribution is 2.37. The molecule has 2 aliphatic rings. The molecule has 1 saturated carbocycles. The molecular formula is C23H26N2O3. The molecule has 2 aromatic rings. The summed E-state index contributed by atoms with van der Waals surface area (Å²) in [6, 6.07) is 17.2. The number of hydrogen-bond acceptors (Lipinski definition) is 3. The van der Waals surface area contributed by atoms with Crippen LogP contribution in [0.15, 0.2) is 54.6 Å². The molecule has 5 heteroatoms. The van der Waals surface area contributed by atoms with Gasteiger partial charge in [-0.25, -0.2) is 0 Å². The van der Waals surface area contributed by atoms with E-state index in [9.17, 15) is 9.59 Å². The number of fused-ring (bicyclic) bond motifs is 1. The first-order valence-electron chi connectivity index (χ1n) is 9.95. The van der Waals surface area contributed by atoms with E-state index in [0.717, 1.165) is 31.4 Å². The fourth-order valence-corrected chi connectivity index (χ4v) is 4.05. The molecule has 0 bridgehead atoms. The van der Waals surface area contributed by atoms with E-state index in [2.05, 4.69) is 29.6 Å². The van der Waals surface area contributed by atoms with Gasteiger partial charge in [-0.15, -0.1) is 0 Å². The van der Waals surface area contributed by atoms with Crippen LogP contribution in [0.5, 0.6) is 5.75 Å².